The fourth-order valence-electron chi connectivity index (χ4n) is 4.56. The lowest BCUT2D eigenvalue weighted by Gasteiger charge is -2.50. The Hall–Kier alpha value is -3.21. The average molecular weight is 551 g/mol. The van der Waals surface area contributed by atoms with E-state index in [0.29, 0.717) is 5.56 Å². The molecule has 0 aromatic heterocycles. The van der Waals surface area contributed by atoms with Crippen LogP contribution in [0.15, 0.2) is 95.9 Å². The van der Waals surface area contributed by atoms with Gasteiger partial charge in [-0.2, -0.15) is 0 Å². The van der Waals surface area contributed by atoms with Crippen LogP contribution in [-0.2, 0) is 39.8 Å². The highest BCUT2D eigenvalue weighted by Crippen LogP contribution is 2.41. The summed E-state index contributed by atoms with van der Waals surface area (Å²) < 4.78 is 35.9. The van der Waals surface area contributed by atoms with Gasteiger partial charge in [0.15, 0.2) is 6.10 Å². The van der Waals surface area contributed by atoms with E-state index in [1.54, 1.807) is 24.3 Å². The number of hydrogen-bond acceptors (Lipinski definition) is 9. The smallest absolute Gasteiger partial charge is 0.366 e. The third-order valence-electron chi connectivity index (χ3n) is 6.56. The summed E-state index contributed by atoms with van der Waals surface area (Å²) in [7, 11) is 1.27. The van der Waals surface area contributed by atoms with Crippen molar-refractivity contribution in [2.75, 3.05) is 13.7 Å². The molecule has 5 rings (SSSR count). The zero-order valence-corrected chi connectivity index (χ0v) is 22.5. The number of rotatable bonds is 8. The van der Waals surface area contributed by atoms with Gasteiger partial charge in [0, 0.05) is 11.8 Å². The lowest BCUT2D eigenvalue weighted by molar-refractivity contribution is -0.352. The second kappa shape index (κ2) is 12.3. The van der Waals surface area contributed by atoms with E-state index in [4.69, 9.17) is 28.4 Å². The summed E-state index contributed by atoms with van der Waals surface area (Å²) in [5, 5.41) is 0. The molecule has 2 fully saturated rings. The highest BCUT2D eigenvalue weighted by Gasteiger charge is 2.57. The van der Waals surface area contributed by atoms with Crippen LogP contribution in [0.4, 0.5) is 0 Å². The molecule has 6 atom stereocenters. The normalized spacial score (nSPS) is 28.2. The van der Waals surface area contributed by atoms with Gasteiger partial charge in [-0.05, 0) is 29.8 Å². The summed E-state index contributed by atoms with van der Waals surface area (Å²) in [5.74, 6) is -2.86. The Labute approximate surface area is 231 Å². The van der Waals surface area contributed by atoms with Crippen LogP contribution in [0.25, 0.3) is 0 Å². The molecule has 2 saturated heterocycles. The molecule has 0 saturated carbocycles. The van der Waals surface area contributed by atoms with E-state index in [9.17, 15) is 9.59 Å². The van der Waals surface area contributed by atoms with E-state index in [2.05, 4.69) is 0 Å². The van der Waals surface area contributed by atoms with E-state index in [1.807, 2.05) is 66.7 Å². The molecular weight excluding hydrogens is 520 g/mol. The topological polar surface area (TPSA) is 89.5 Å². The molecule has 8 nitrogen and oxygen atoms in total. The predicted octanol–water partition coefficient (Wildman–Crippen LogP) is 4.62. The van der Waals surface area contributed by atoms with Crippen LogP contribution >= 0.6 is 11.8 Å². The lowest BCUT2D eigenvalue weighted by atomic mass is 9.97. The molecule has 0 aliphatic carbocycles. The predicted molar refractivity (Wildman–Crippen MR) is 143 cm³/mol. The van der Waals surface area contributed by atoms with Gasteiger partial charge in [0.05, 0.1) is 25.9 Å². The van der Waals surface area contributed by atoms with Gasteiger partial charge >= 0.3 is 11.9 Å². The average Bonchev–Trinajstić information content (AvgIpc) is 2.98. The van der Waals surface area contributed by atoms with E-state index in [-0.39, 0.29) is 13.2 Å². The SMILES string of the molecule is COC(=O)C1(C)OC[C@H]2O[C@@H](Sc3ccccc3)[C@H](OC(=O)c3ccccc3)[C@@H](OCc3ccccc3)[C@H]2O1. The quantitative estimate of drug-likeness (QED) is 0.373. The number of ether oxygens (including phenoxy) is 6. The molecule has 2 aliphatic heterocycles. The van der Waals surface area contributed by atoms with Gasteiger partial charge in [0.25, 0.3) is 5.79 Å². The fourth-order valence-corrected chi connectivity index (χ4v) is 5.68. The van der Waals surface area contributed by atoms with Crippen LogP contribution in [0.1, 0.15) is 22.8 Å². The number of hydrogen-bond donors (Lipinski definition) is 0. The second-order valence-electron chi connectivity index (χ2n) is 9.30. The number of carbonyl (C=O) groups excluding carboxylic acids is 2. The van der Waals surface area contributed by atoms with Gasteiger partial charge in [0.1, 0.15) is 23.7 Å². The third-order valence-corrected chi connectivity index (χ3v) is 7.72. The van der Waals surface area contributed by atoms with Crippen LogP contribution < -0.4 is 0 Å². The first kappa shape index (κ1) is 27.4. The number of fused-ring (bicyclic) bond motifs is 1. The standard InChI is InChI=1S/C30H30O8S/c1-30(29(32)33-2)35-19-23-24(38-30)25(34-18-20-12-6-3-7-13-20)26(37-27(31)21-14-8-4-9-15-21)28(36-23)39-22-16-10-5-11-17-22/h3-17,23-26,28H,18-19H2,1-2H3/t23-,24+,25+,26-,28+,30?/m1/s1. The summed E-state index contributed by atoms with van der Waals surface area (Å²) in [4.78, 5) is 26.8. The first-order valence-electron chi connectivity index (χ1n) is 12.7. The van der Waals surface area contributed by atoms with E-state index in [0.717, 1.165) is 10.5 Å². The van der Waals surface area contributed by atoms with Gasteiger partial charge in [0.2, 0.25) is 0 Å². The summed E-state index contributed by atoms with van der Waals surface area (Å²) in [5.41, 5.74) is 0.692. The number of methoxy groups -OCH3 is 1. The first-order valence-corrected chi connectivity index (χ1v) is 13.5. The molecule has 204 valence electrons. The highest BCUT2D eigenvalue weighted by molar-refractivity contribution is 7.99. The van der Waals surface area contributed by atoms with Crippen LogP contribution in [0, 0.1) is 0 Å². The van der Waals surface area contributed by atoms with Crippen molar-refractivity contribution in [3.8, 4) is 0 Å². The molecule has 2 aliphatic rings. The van der Waals surface area contributed by atoms with E-state index in [1.165, 1.54) is 25.8 Å². The first-order chi connectivity index (χ1) is 19.0. The number of esters is 2. The van der Waals surface area contributed by atoms with Crippen molar-refractivity contribution < 1.29 is 38.0 Å². The monoisotopic (exact) mass is 550 g/mol. The van der Waals surface area contributed by atoms with Crippen molar-refractivity contribution >= 4 is 23.7 Å². The number of benzene rings is 3. The van der Waals surface area contributed by atoms with Crippen LogP contribution in [0.5, 0.6) is 0 Å². The van der Waals surface area contributed by atoms with E-state index >= 15 is 0 Å². The minimum Gasteiger partial charge on any atom is -0.465 e. The largest absolute Gasteiger partial charge is 0.465 e. The van der Waals surface area contributed by atoms with Crippen molar-refractivity contribution in [3.63, 3.8) is 0 Å². The summed E-state index contributed by atoms with van der Waals surface area (Å²) in [6.45, 7) is 1.79. The van der Waals surface area contributed by atoms with Crippen LogP contribution in [-0.4, -0.2) is 61.3 Å². The minimum atomic E-state index is -1.67. The van der Waals surface area contributed by atoms with E-state index < -0.39 is 47.6 Å². The maximum Gasteiger partial charge on any atom is 0.366 e. The van der Waals surface area contributed by atoms with Gasteiger partial charge in [-0.1, -0.05) is 78.5 Å². The van der Waals surface area contributed by atoms with Crippen molar-refractivity contribution in [2.24, 2.45) is 0 Å². The highest BCUT2D eigenvalue weighted by atomic mass is 32.2. The number of carbonyl (C=O) groups is 2. The molecule has 39 heavy (non-hydrogen) atoms. The summed E-state index contributed by atoms with van der Waals surface area (Å²) >= 11 is 1.42. The summed E-state index contributed by atoms with van der Waals surface area (Å²) in [6.07, 6.45) is -3.04. The Morgan fingerprint density at radius 3 is 2.23 bits per heavy atom. The van der Waals surface area contributed by atoms with Gasteiger partial charge in [-0.3, -0.25) is 0 Å². The van der Waals surface area contributed by atoms with Crippen LogP contribution in [0.3, 0.4) is 0 Å². The molecule has 0 N–H and O–H groups in total. The molecule has 3 aromatic carbocycles. The maximum absolute atomic E-state index is 13.3. The minimum absolute atomic E-state index is 0.0622. The van der Waals surface area contributed by atoms with Gasteiger partial charge < -0.3 is 28.4 Å². The lowest BCUT2D eigenvalue weighted by Crippen LogP contribution is -2.66. The molecule has 2 heterocycles. The van der Waals surface area contributed by atoms with Gasteiger partial charge in [-0.15, -0.1) is 0 Å². The summed E-state index contributed by atoms with van der Waals surface area (Å²) in [6, 6.07) is 28.1. The molecule has 3 aromatic rings. The molecule has 0 bridgehead atoms. The zero-order chi connectivity index (χ0) is 27.2. The fraction of sp³-hybridized carbons (Fsp3) is 0.333. The Morgan fingerprint density at radius 2 is 1.56 bits per heavy atom. The second-order valence-corrected chi connectivity index (χ2v) is 10.5. The van der Waals surface area contributed by atoms with Crippen LogP contribution in [0.2, 0.25) is 0 Å². The zero-order valence-electron chi connectivity index (χ0n) is 21.6. The van der Waals surface area contributed by atoms with Crippen molar-refractivity contribution in [3.05, 3.63) is 102 Å². The molecule has 0 amide bonds. The molecular formula is C30H30O8S. The van der Waals surface area contributed by atoms with Crippen molar-refractivity contribution in [1.29, 1.82) is 0 Å². The maximum atomic E-state index is 13.3. The molecule has 0 spiro atoms. The van der Waals surface area contributed by atoms with Gasteiger partial charge in [-0.25, -0.2) is 9.59 Å². The van der Waals surface area contributed by atoms with Crippen molar-refractivity contribution in [2.45, 2.75) is 54.1 Å². The molecule has 9 heteroatoms. The Kier molecular flexibility index (Phi) is 8.64. The Balaban J connectivity index is 1.49. The third kappa shape index (κ3) is 6.34. The Bertz CT molecular complexity index is 1240. The molecule has 1 unspecified atom stereocenters. The van der Waals surface area contributed by atoms with Crippen molar-refractivity contribution in [1.82, 2.24) is 0 Å². The number of thioether (sulfide) groups is 1. The molecule has 0 radical (unpaired) electrons. The Morgan fingerprint density at radius 1 is 0.923 bits per heavy atom.